The number of ether oxygens (including phenoxy) is 1. The molecule has 4 aromatic rings. The van der Waals surface area contributed by atoms with Crippen molar-refractivity contribution in [2.45, 2.75) is 6.54 Å². The zero-order chi connectivity index (χ0) is 22.2. The maximum Gasteiger partial charge on any atom is 0.250 e. The summed E-state index contributed by atoms with van der Waals surface area (Å²) in [7, 11) is 1.78. The average Bonchev–Trinajstić information content (AvgIpc) is 2.83. The Kier molecular flexibility index (Phi) is 7.05. The van der Waals surface area contributed by atoms with Gasteiger partial charge in [-0.25, -0.2) is 0 Å². The summed E-state index contributed by atoms with van der Waals surface area (Å²) in [6.45, 7) is 2.90. The molecule has 0 N–H and O–H groups in total. The minimum Gasteiger partial charge on any atom is -0.492 e. The van der Waals surface area contributed by atoms with Gasteiger partial charge in [-0.05, 0) is 53.6 Å². The molecule has 0 aliphatic rings. The second kappa shape index (κ2) is 10.5. The van der Waals surface area contributed by atoms with Crippen LogP contribution in [0.4, 0.5) is 0 Å². The van der Waals surface area contributed by atoms with E-state index in [2.05, 4.69) is 33.1 Å². The number of fused-ring (bicyclic) bond motifs is 1. The summed E-state index contributed by atoms with van der Waals surface area (Å²) < 4.78 is 7.68. The van der Waals surface area contributed by atoms with Gasteiger partial charge in [0.25, 0.3) is 5.56 Å². The van der Waals surface area contributed by atoms with E-state index in [1.807, 2.05) is 48.7 Å². The highest BCUT2D eigenvalue weighted by Gasteiger charge is 2.07. The highest BCUT2D eigenvalue weighted by molar-refractivity contribution is 5.80. The minimum absolute atomic E-state index is 0.0166. The van der Waals surface area contributed by atoms with Crippen LogP contribution in [0.3, 0.4) is 0 Å². The molecule has 4 rings (SSSR count). The van der Waals surface area contributed by atoms with Crippen LogP contribution >= 0.6 is 0 Å². The first-order valence-corrected chi connectivity index (χ1v) is 10.6. The first-order chi connectivity index (χ1) is 15.7. The van der Waals surface area contributed by atoms with E-state index in [9.17, 15) is 4.79 Å². The van der Waals surface area contributed by atoms with Crippen molar-refractivity contribution in [3.8, 4) is 5.75 Å². The molecule has 1 aromatic carbocycles. The lowest BCUT2D eigenvalue weighted by Gasteiger charge is -2.21. The van der Waals surface area contributed by atoms with Gasteiger partial charge in [-0.1, -0.05) is 18.2 Å². The number of aryl methyl sites for hydroxylation is 1. The minimum atomic E-state index is -0.0166. The largest absolute Gasteiger partial charge is 0.492 e. The lowest BCUT2D eigenvalue weighted by Crippen LogP contribution is -2.28. The summed E-state index contributed by atoms with van der Waals surface area (Å²) in [5.41, 5.74) is 3.17. The maximum atomic E-state index is 11.8. The molecule has 3 heterocycles. The fraction of sp³-hybridized carbons (Fsp3) is 0.192. The molecule has 0 amide bonds. The standard InChI is InChI=1S/C26H26N4O2/c1-29-25-8-7-24(18-23(25)6-9-26(29)31)32-17-16-30(20-22-4-2-12-28-19-22)15-3-5-21-10-13-27-14-11-21/h2-14,18-19H,15-17,20H2,1H3. The Balaban J connectivity index is 1.40. The summed E-state index contributed by atoms with van der Waals surface area (Å²) >= 11 is 0. The molecule has 0 aliphatic heterocycles. The van der Waals surface area contributed by atoms with E-state index < -0.39 is 0 Å². The van der Waals surface area contributed by atoms with Crippen molar-refractivity contribution in [3.05, 3.63) is 107 Å². The van der Waals surface area contributed by atoms with E-state index in [-0.39, 0.29) is 5.56 Å². The van der Waals surface area contributed by atoms with Crippen LogP contribution in [0, 0.1) is 0 Å². The number of rotatable bonds is 9. The number of nitrogens with zero attached hydrogens (tertiary/aromatic N) is 4. The van der Waals surface area contributed by atoms with Crippen molar-refractivity contribution in [1.82, 2.24) is 19.4 Å². The quantitative estimate of drug-likeness (QED) is 0.406. The molecule has 0 atom stereocenters. The molecule has 6 nitrogen and oxygen atoms in total. The number of hydrogen-bond acceptors (Lipinski definition) is 5. The lowest BCUT2D eigenvalue weighted by atomic mass is 10.2. The molecular formula is C26H26N4O2. The molecule has 162 valence electrons. The van der Waals surface area contributed by atoms with Crippen molar-refractivity contribution >= 4 is 17.0 Å². The van der Waals surface area contributed by atoms with Crippen LogP contribution in [0.15, 0.2) is 90.3 Å². The Bertz CT molecular complexity index is 1240. The van der Waals surface area contributed by atoms with E-state index in [1.54, 1.807) is 36.3 Å². The van der Waals surface area contributed by atoms with Gasteiger partial charge in [-0.15, -0.1) is 0 Å². The van der Waals surface area contributed by atoms with Gasteiger partial charge in [-0.3, -0.25) is 19.7 Å². The van der Waals surface area contributed by atoms with Gasteiger partial charge in [0.1, 0.15) is 12.4 Å². The molecule has 0 bridgehead atoms. The monoisotopic (exact) mass is 426 g/mol. The smallest absolute Gasteiger partial charge is 0.250 e. The first-order valence-electron chi connectivity index (χ1n) is 10.6. The number of pyridine rings is 3. The van der Waals surface area contributed by atoms with Gasteiger partial charge in [0.15, 0.2) is 0 Å². The summed E-state index contributed by atoms with van der Waals surface area (Å²) in [4.78, 5) is 22.4. The van der Waals surface area contributed by atoms with E-state index in [4.69, 9.17) is 4.74 Å². The summed E-state index contributed by atoms with van der Waals surface area (Å²) in [6, 6.07) is 17.2. The van der Waals surface area contributed by atoms with Gasteiger partial charge in [-0.2, -0.15) is 0 Å². The molecule has 32 heavy (non-hydrogen) atoms. The summed E-state index contributed by atoms with van der Waals surface area (Å²) in [5.74, 6) is 0.796. The SMILES string of the molecule is Cn1c(=O)ccc2cc(OCCN(CC=Cc3ccncc3)Cc3cccnc3)ccc21. The third-order valence-corrected chi connectivity index (χ3v) is 5.28. The fourth-order valence-electron chi connectivity index (χ4n) is 3.54. The van der Waals surface area contributed by atoms with E-state index in [1.165, 1.54) is 0 Å². The van der Waals surface area contributed by atoms with Crippen LogP contribution in [0.2, 0.25) is 0 Å². The van der Waals surface area contributed by atoms with Gasteiger partial charge in [0.2, 0.25) is 0 Å². The van der Waals surface area contributed by atoms with Crippen LogP contribution in [0.5, 0.6) is 5.75 Å². The molecule has 3 aromatic heterocycles. The molecule has 6 heteroatoms. The molecule has 0 saturated carbocycles. The fourth-order valence-corrected chi connectivity index (χ4v) is 3.54. The van der Waals surface area contributed by atoms with Crippen LogP contribution < -0.4 is 10.3 Å². The van der Waals surface area contributed by atoms with Gasteiger partial charge < -0.3 is 9.30 Å². The highest BCUT2D eigenvalue weighted by atomic mass is 16.5. The van der Waals surface area contributed by atoms with Crippen LogP contribution in [-0.2, 0) is 13.6 Å². The van der Waals surface area contributed by atoms with Gasteiger partial charge >= 0.3 is 0 Å². The first kappa shape index (κ1) is 21.5. The topological polar surface area (TPSA) is 60.2 Å². The number of aromatic nitrogens is 3. The zero-order valence-corrected chi connectivity index (χ0v) is 18.1. The maximum absolute atomic E-state index is 11.8. The van der Waals surface area contributed by atoms with Crippen molar-refractivity contribution in [3.63, 3.8) is 0 Å². The second-order valence-corrected chi connectivity index (χ2v) is 7.58. The summed E-state index contributed by atoms with van der Waals surface area (Å²) in [6.07, 6.45) is 11.5. The van der Waals surface area contributed by atoms with Crippen molar-refractivity contribution in [2.24, 2.45) is 7.05 Å². The van der Waals surface area contributed by atoms with Crippen molar-refractivity contribution < 1.29 is 4.74 Å². The molecular weight excluding hydrogens is 400 g/mol. The Hall–Kier alpha value is -3.77. The molecule has 0 radical (unpaired) electrons. The van der Waals surface area contributed by atoms with Crippen molar-refractivity contribution in [2.75, 3.05) is 19.7 Å². The molecule has 0 saturated heterocycles. The van der Waals surface area contributed by atoms with Crippen LogP contribution in [0.25, 0.3) is 17.0 Å². The van der Waals surface area contributed by atoms with Crippen LogP contribution in [0.1, 0.15) is 11.1 Å². The molecule has 0 fully saturated rings. The Morgan fingerprint density at radius 2 is 1.91 bits per heavy atom. The lowest BCUT2D eigenvalue weighted by molar-refractivity contribution is 0.217. The molecule has 0 unspecified atom stereocenters. The third kappa shape index (κ3) is 5.68. The normalized spacial score (nSPS) is 11.4. The van der Waals surface area contributed by atoms with Crippen LogP contribution in [-0.4, -0.2) is 39.1 Å². The average molecular weight is 427 g/mol. The summed E-state index contributed by atoms with van der Waals surface area (Å²) in [5, 5.41) is 0.983. The van der Waals surface area contributed by atoms with E-state index in [0.717, 1.165) is 47.4 Å². The Morgan fingerprint density at radius 1 is 1.03 bits per heavy atom. The highest BCUT2D eigenvalue weighted by Crippen LogP contribution is 2.19. The Morgan fingerprint density at radius 3 is 2.72 bits per heavy atom. The third-order valence-electron chi connectivity index (χ3n) is 5.28. The van der Waals surface area contributed by atoms with Gasteiger partial charge in [0, 0.05) is 62.9 Å². The van der Waals surface area contributed by atoms with Crippen molar-refractivity contribution in [1.29, 1.82) is 0 Å². The zero-order valence-electron chi connectivity index (χ0n) is 18.1. The predicted molar refractivity (Wildman–Crippen MR) is 127 cm³/mol. The van der Waals surface area contributed by atoms with E-state index in [0.29, 0.717) is 6.61 Å². The second-order valence-electron chi connectivity index (χ2n) is 7.58. The Labute approximate surface area is 187 Å². The number of hydrogen-bond donors (Lipinski definition) is 0. The molecule has 0 aliphatic carbocycles. The van der Waals surface area contributed by atoms with E-state index >= 15 is 0 Å². The number of benzene rings is 1. The molecule has 0 spiro atoms. The van der Waals surface area contributed by atoms with Gasteiger partial charge in [0.05, 0.1) is 5.52 Å². The predicted octanol–water partition coefficient (Wildman–Crippen LogP) is 3.92.